The Balaban J connectivity index is 1.88. The van der Waals surface area contributed by atoms with E-state index in [2.05, 4.69) is 21.2 Å². The van der Waals surface area contributed by atoms with E-state index in [1.807, 2.05) is 56.3 Å². The lowest BCUT2D eigenvalue weighted by Crippen LogP contribution is -2.23. The van der Waals surface area contributed by atoms with E-state index in [-0.39, 0.29) is 11.4 Å². The Morgan fingerprint density at radius 3 is 2.59 bits per heavy atom. The first-order chi connectivity index (χ1) is 13.9. The molecule has 1 N–H and O–H groups in total. The number of halogens is 2. The third kappa shape index (κ3) is 4.64. The topological polar surface area (TPSA) is 57.8 Å². The predicted molar refractivity (Wildman–Crippen MR) is 115 cm³/mol. The first-order valence-corrected chi connectivity index (χ1v) is 9.78. The van der Waals surface area contributed by atoms with Gasteiger partial charge < -0.3 is 9.88 Å². The maximum Gasteiger partial charge on any atom is 0.262 e. The molecule has 29 heavy (non-hydrogen) atoms. The largest absolute Gasteiger partial charge is 0.347 e. The summed E-state index contributed by atoms with van der Waals surface area (Å²) < 4.78 is 16.9. The van der Waals surface area contributed by atoms with Gasteiger partial charge >= 0.3 is 0 Å². The molecule has 0 fully saturated rings. The summed E-state index contributed by atoms with van der Waals surface area (Å²) >= 11 is 3.26. The molecule has 0 aliphatic rings. The number of nitriles is 1. The van der Waals surface area contributed by atoms with Crippen LogP contribution >= 0.6 is 15.9 Å². The Labute approximate surface area is 177 Å². The van der Waals surface area contributed by atoms with Crippen molar-refractivity contribution >= 4 is 27.9 Å². The van der Waals surface area contributed by atoms with Crippen LogP contribution in [0.5, 0.6) is 0 Å². The lowest BCUT2D eigenvalue weighted by atomic mass is 10.1. The van der Waals surface area contributed by atoms with Gasteiger partial charge in [0.2, 0.25) is 0 Å². The highest BCUT2D eigenvalue weighted by Crippen LogP contribution is 2.26. The van der Waals surface area contributed by atoms with Gasteiger partial charge in [-0.15, -0.1) is 0 Å². The second-order valence-corrected chi connectivity index (χ2v) is 7.51. The SMILES string of the molecule is Cc1cc(/C=C(/C#N)C(=O)NCc2ccccc2)c(C)n1-c1ccc(Br)cc1F. The van der Waals surface area contributed by atoms with Gasteiger partial charge in [0.25, 0.3) is 5.91 Å². The van der Waals surface area contributed by atoms with Crippen LogP contribution in [0.3, 0.4) is 0 Å². The Morgan fingerprint density at radius 2 is 1.93 bits per heavy atom. The van der Waals surface area contributed by atoms with Crippen LogP contribution in [0.2, 0.25) is 0 Å². The molecular weight excluding hydrogens is 433 g/mol. The van der Waals surface area contributed by atoms with Crippen LogP contribution in [0.1, 0.15) is 22.5 Å². The number of benzene rings is 2. The van der Waals surface area contributed by atoms with Gasteiger partial charge in [-0.2, -0.15) is 5.26 Å². The van der Waals surface area contributed by atoms with Crippen molar-refractivity contribution in [1.82, 2.24) is 9.88 Å². The van der Waals surface area contributed by atoms with Crippen LogP contribution < -0.4 is 5.32 Å². The van der Waals surface area contributed by atoms with Gasteiger partial charge in [-0.3, -0.25) is 4.79 Å². The quantitative estimate of drug-likeness (QED) is 0.426. The third-order valence-electron chi connectivity index (χ3n) is 4.58. The fourth-order valence-corrected chi connectivity index (χ4v) is 3.48. The van der Waals surface area contributed by atoms with E-state index >= 15 is 0 Å². The van der Waals surface area contributed by atoms with Crippen molar-refractivity contribution in [2.75, 3.05) is 0 Å². The fourth-order valence-electron chi connectivity index (χ4n) is 3.14. The summed E-state index contributed by atoms with van der Waals surface area (Å²) in [5, 5.41) is 12.2. The molecule has 0 aliphatic carbocycles. The van der Waals surface area contributed by atoms with Crippen molar-refractivity contribution in [3.8, 4) is 11.8 Å². The number of hydrogen-bond acceptors (Lipinski definition) is 2. The van der Waals surface area contributed by atoms with Crippen molar-refractivity contribution in [3.63, 3.8) is 0 Å². The van der Waals surface area contributed by atoms with E-state index in [1.54, 1.807) is 16.7 Å². The normalized spacial score (nSPS) is 11.2. The van der Waals surface area contributed by atoms with Crippen LogP contribution in [0.15, 0.2) is 64.6 Å². The number of carbonyl (C=O) groups excluding carboxylic acids is 1. The molecule has 1 heterocycles. The maximum absolute atomic E-state index is 14.4. The van der Waals surface area contributed by atoms with Crippen molar-refractivity contribution in [2.24, 2.45) is 0 Å². The van der Waals surface area contributed by atoms with Crippen molar-refractivity contribution < 1.29 is 9.18 Å². The molecule has 0 saturated heterocycles. The summed E-state index contributed by atoms with van der Waals surface area (Å²) in [4.78, 5) is 12.4. The van der Waals surface area contributed by atoms with Crippen molar-refractivity contribution in [3.05, 3.63) is 93.0 Å². The molecule has 4 nitrogen and oxygen atoms in total. The van der Waals surface area contributed by atoms with Crippen LogP contribution in [0, 0.1) is 31.0 Å². The summed E-state index contributed by atoms with van der Waals surface area (Å²) in [7, 11) is 0. The smallest absolute Gasteiger partial charge is 0.262 e. The molecule has 0 aliphatic heterocycles. The number of nitrogens with zero attached hydrogens (tertiary/aromatic N) is 2. The van der Waals surface area contributed by atoms with E-state index in [1.165, 1.54) is 12.1 Å². The standard InChI is InChI=1S/C23H19BrFN3O/c1-15-10-18(16(2)28(15)22-9-8-20(24)12-21(22)25)11-19(13-26)23(29)27-14-17-6-4-3-5-7-17/h3-12H,14H2,1-2H3,(H,27,29)/b19-11-. The van der Waals surface area contributed by atoms with Crippen molar-refractivity contribution in [2.45, 2.75) is 20.4 Å². The summed E-state index contributed by atoms with van der Waals surface area (Å²) in [6, 6.07) is 18.1. The summed E-state index contributed by atoms with van der Waals surface area (Å²) in [5.74, 6) is -0.811. The zero-order valence-corrected chi connectivity index (χ0v) is 17.6. The Kier molecular flexibility index (Phi) is 6.30. The van der Waals surface area contributed by atoms with E-state index in [9.17, 15) is 14.4 Å². The maximum atomic E-state index is 14.4. The minimum Gasteiger partial charge on any atom is -0.347 e. The molecule has 3 aromatic rings. The molecule has 0 radical (unpaired) electrons. The molecule has 2 aromatic carbocycles. The minimum atomic E-state index is -0.448. The second kappa shape index (κ2) is 8.89. The van der Waals surface area contributed by atoms with Gasteiger partial charge in [0.05, 0.1) is 5.69 Å². The van der Waals surface area contributed by atoms with Crippen LogP contribution in [0.25, 0.3) is 11.8 Å². The number of nitrogens with one attached hydrogen (secondary N) is 1. The number of rotatable bonds is 5. The summed E-state index contributed by atoms with van der Waals surface area (Å²) in [6.45, 7) is 4.02. The Morgan fingerprint density at radius 1 is 1.21 bits per heavy atom. The zero-order chi connectivity index (χ0) is 21.0. The van der Waals surface area contributed by atoms with E-state index < -0.39 is 5.91 Å². The van der Waals surface area contributed by atoms with Crippen molar-refractivity contribution in [1.29, 1.82) is 5.26 Å². The monoisotopic (exact) mass is 451 g/mol. The summed E-state index contributed by atoms with van der Waals surface area (Å²) in [5.41, 5.74) is 3.59. The molecule has 1 amide bonds. The molecule has 0 unspecified atom stereocenters. The van der Waals surface area contributed by atoms with E-state index in [4.69, 9.17) is 0 Å². The number of hydrogen-bond donors (Lipinski definition) is 1. The second-order valence-electron chi connectivity index (χ2n) is 6.60. The number of carbonyl (C=O) groups is 1. The van der Waals surface area contributed by atoms with E-state index in [0.717, 1.165) is 17.0 Å². The van der Waals surface area contributed by atoms with Gasteiger partial charge in [0, 0.05) is 22.4 Å². The molecule has 0 saturated carbocycles. The lowest BCUT2D eigenvalue weighted by molar-refractivity contribution is -0.117. The van der Waals surface area contributed by atoms with Gasteiger partial charge in [0.15, 0.2) is 0 Å². The number of aromatic nitrogens is 1. The van der Waals surface area contributed by atoms with Crippen LogP contribution in [0.4, 0.5) is 4.39 Å². The average Bonchev–Trinajstić information content (AvgIpc) is 2.98. The zero-order valence-electron chi connectivity index (χ0n) is 16.0. The first kappa shape index (κ1) is 20.6. The van der Waals surface area contributed by atoms with E-state index in [0.29, 0.717) is 22.3 Å². The lowest BCUT2D eigenvalue weighted by Gasteiger charge is -2.11. The molecule has 1 aromatic heterocycles. The number of aryl methyl sites for hydroxylation is 1. The van der Waals surface area contributed by atoms with Gasteiger partial charge in [-0.05, 0) is 55.3 Å². The molecule has 0 spiro atoms. The molecule has 6 heteroatoms. The fraction of sp³-hybridized carbons (Fsp3) is 0.130. The molecular formula is C23H19BrFN3O. The molecule has 3 rings (SSSR count). The average molecular weight is 452 g/mol. The first-order valence-electron chi connectivity index (χ1n) is 8.99. The Bertz CT molecular complexity index is 1130. The van der Waals surface area contributed by atoms with Gasteiger partial charge in [-0.25, -0.2) is 4.39 Å². The van der Waals surface area contributed by atoms with Gasteiger partial charge in [-0.1, -0.05) is 46.3 Å². The molecule has 0 bridgehead atoms. The molecule has 0 atom stereocenters. The van der Waals surface area contributed by atoms with Crippen LogP contribution in [-0.2, 0) is 11.3 Å². The Hall–Kier alpha value is -3.17. The van der Waals surface area contributed by atoms with Crippen LogP contribution in [-0.4, -0.2) is 10.5 Å². The highest BCUT2D eigenvalue weighted by molar-refractivity contribution is 9.10. The summed E-state index contributed by atoms with van der Waals surface area (Å²) in [6.07, 6.45) is 1.54. The molecule has 146 valence electrons. The third-order valence-corrected chi connectivity index (χ3v) is 5.07. The van der Waals surface area contributed by atoms with Gasteiger partial charge in [0.1, 0.15) is 17.5 Å². The minimum absolute atomic E-state index is 0.00235. The number of amides is 1. The highest BCUT2D eigenvalue weighted by Gasteiger charge is 2.15. The predicted octanol–water partition coefficient (Wildman–Crippen LogP) is 5.22. The highest BCUT2D eigenvalue weighted by atomic mass is 79.9.